The SMILES string of the molecule is CCC(CC)n1cc(-c2nc(-c3cnn(C[C@@H](O)CN4CC(OC)C4)c3)cn3nccc23)cn1.CCC(CC)n1cc(-c2nc(-c3cnn(C[C@@H](O)CN4CCCC4)c3)cn3nccc23)cn1.CCC(CC)n1cc(-c2nc(-c3cnn(C[C@H](O)CN4CCCC4)c3)cn3nccc23)cn1. The van der Waals surface area contributed by atoms with Gasteiger partial charge < -0.3 is 29.9 Å². The van der Waals surface area contributed by atoms with Gasteiger partial charge in [-0.1, -0.05) is 41.5 Å². The summed E-state index contributed by atoms with van der Waals surface area (Å²) in [6.07, 6.45) is 44.2. The number of fused-ring (bicyclic) bond motifs is 3. The molecule has 12 aromatic rings. The smallest absolute Gasteiger partial charge is 0.0999 e. The maximum Gasteiger partial charge on any atom is 0.0999 e. The molecule has 3 aliphatic rings. The first kappa shape index (κ1) is 69.3. The van der Waals surface area contributed by atoms with Crippen LogP contribution in [0.2, 0.25) is 0 Å². The van der Waals surface area contributed by atoms with E-state index in [2.05, 4.69) is 121 Å². The highest BCUT2D eigenvalue weighted by molar-refractivity contribution is 5.80. The second kappa shape index (κ2) is 32.0. The standard InChI is InChI=1S/C24H32N8O2.2C24H32N8O/c1-4-19(5-2)31-11-18(9-27-31)24-23-6-7-25-32(23)16-22(28-24)17-8-26-30(10-17)13-20(33)12-29-14-21(15-29)34-3;2*1-3-20(4-2)31-14-19(12-27-31)24-23-7-8-25-32(23)17-22(28-24)18-11-26-30(13-18)16-21(33)15-29-9-5-6-10-29/h6-11,16,19-21,33H,4-5,12-15H2,1-3H3;2*7-8,11-14,17,20-21,33H,3-6,9-10,15-16H2,1-2H3/t20-;2*21-/m010/s1. The van der Waals surface area contributed by atoms with E-state index in [-0.39, 0.29) is 6.10 Å². The van der Waals surface area contributed by atoms with Crippen LogP contribution in [-0.4, -0.2) is 223 Å². The number of hydrogen-bond acceptors (Lipinski definition) is 19. The molecule has 0 amide bonds. The number of hydrogen-bond donors (Lipinski definition) is 3. The first-order valence-corrected chi connectivity index (χ1v) is 35.9. The minimum Gasteiger partial charge on any atom is -0.390 e. The quantitative estimate of drug-likeness (QED) is 0.0412. The molecule has 3 saturated heterocycles. The molecule has 0 unspecified atom stereocenters. The topological polar surface area (TPSA) is 277 Å². The van der Waals surface area contributed by atoms with E-state index in [1.54, 1.807) is 58.3 Å². The molecule has 28 heteroatoms. The molecule has 3 atom stereocenters. The fraction of sp³-hybridized carbons (Fsp3) is 0.500. The number of aliphatic hydroxyl groups is 3. The fourth-order valence-electron chi connectivity index (χ4n) is 14.1. The molecule has 3 N–H and O–H groups in total. The molecule has 28 nitrogen and oxygen atoms in total. The van der Waals surface area contributed by atoms with Gasteiger partial charge in [-0.2, -0.15) is 45.9 Å². The summed E-state index contributed by atoms with van der Waals surface area (Å²) in [5, 5.41) is 72.1. The molecule has 3 fully saturated rings. The van der Waals surface area contributed by atoms with Crippen LogP contribution in [0.4, 0.5) is 0 Å². The number of ether oxygens (including phenoxy) is 1. The highest BCUT2D eigenvalue weighted by Gasteiger charge is 2.29. The molecule has 12 aromatic heterocycles. The summed E-state index contributed by atoms with van der Waals surface area (Å²) in [7, 11) is 1.73. The second-order valence-electron chi connectivity index (χ2n) is 26.9. The van der Waals surface area contributed by atoms with Gasteiger partial charge >= 0.3 is 0 Å². The van der Waals surface area contributed by atoms with Crippen molar-refractivity contribution in [2.75, 3.05) is 66.0 Å². The second-order valence-corrected chi connectivity index (χ2v) is 26.9. The number of aliphatic hydroxyl groups excluding tert-OH is 3. The number of β-amino-alcohol motifs (C(OH)–C–C–N with tert-alkyl or cyclic N) is 3. The highest BCUT2D eigenvalue weighted by Crippen LogP contribution is 2.32. The summed E-state index contributed by atoms with van der Waals surface area (Å²) in [4.78, 5) is 21.7. The van der Waals surface area contributed by atoms with Crippen molar-refractivity contribution in [2.24, 2.45) is 0 Å². The van der Waals surface area contributed by atoms with E-state index in [1.165, 1.54) is 25.7 Å². The highest BCUT2D eigenvalue weighted by atomic mass is 16.5. The number of nitrogens with zero attached hydrogens (tertiary/aromatic N) is 24. The number of likely N-dealkylation sites (tertiary alicyclic amines) is 3. The summed E-state index contributed by atoms with van der Waals surface area (Å²) in [6, 6.07) is 7.04. The lowest BCUT2D eigenvalue weighted by atomic mass is 10.1. The zero-order chi connectivity index (χ0) is 69.2. The van der Waals surface area contributed by atoms with Crippen LogP contribution in [0.1, 0.15) is 124 Å². The van der Waals surface area contributed by atoms with E-state index >= 15 is 0 Å². The predicted molar refractivity (Wildman–Crippen MR) is 382 cm³/mol. The van der Waals surface area contributed by atoms with Gasteiger partial charge in [0.1, 0.15) is 0 Å². The minimum absolute atomic E-state index is 0.280. The van der Waals surface area contributed by atoms with Gasteiger partial charge in [0.25, 0.3) is 0 Å². The predicted octanol–water partition coefficient (Wildman–Crippen LogP) is 9.06. The summed E-state index contributed by atoms with van der Waals surface area (Å²) >= 11 is 0. The van der Waals surface area contributed by atoms with E-state index in [9.17, 15) is 15.3 Å². The Hall–Kier alpha value is -9.16. The maximum absolute atomic E-state index is 10.5. The van der Waals surface area contributed by atoms with E-state index in [0.717, 1.165) is 162 Å². The Labute approximate surface area is 582 Å². The first-order valence-electron chi connectivity index (χ1n) is 35.9. The molecule has 15 rings (SSSR count). The van der Waals surface area contributed by atoms with Crippen molar-refractivity contribution >= 4 is 16.6 Å². The Morgan fingerprint density at radius 3 is 0.970 bits per heavy atom. The normalized spacial score (nSPS) is 15.8. The van der Waals surface area contributed by atoms with Crippen LogP contribution in [0.25, 0.3) is 84.1 Å². The lowest BCUT2D eigenvalue weighted by molar-refractivity contribution is -0.0482. The van der Waals surface area contributed by atoms with Gasteiger partial charge in [-0.25, -0.2) is 28.5 Å². The summed E-state index contributed by atoms with van der Waals surface area (Å²) in [5.74, 6) is 0. The first-order chi connectivity index (χ1) is 48.9. The van der Waals surface area contributed by atoms with Gasteiger partial charge in [0.05, 0.1) is 187 Å². The number of rotatable bonds is 28. The monoisotopic (exact) mass is 1360 g/mol. The molecule has 0 spiro atoms. The van der Waals surface area contributed by atoms with E-state index in [1.807, 2.05) is 102 Å². The third-order valence-corrected chi connectivity index (χ3v) is 19.8. The molecule has 528 valence electrons. The molecule has 100 heavy (non-hydrogen) atoms. The van der Waals surface area contributed by atoms with Crippen molar-refractivity contribution in [3.05, 3.63) is 130 Å². The Morgan fingerprint density at radius 2 is 0.670 bits per heavy atom. The van der Waals surface area contributed by atoms with Crippen molar-refractivity contribution in [3.63, 3.8) is 0 Å². The minimum atomic E-state index is -0.501. The van der Waals surface area contributed by atoms with Gasteiger partial charge in [0, 0.05) is 110 Å². The lowest BCUT2D eigenvalue weighted by Crippen LogP contribution is -2.54. The zero-order valence-electron chi connectivity index (χ0n) is 58.7. The Balaban J connectivity index is 0.000000134. The van der Waals surface area contributed by atoms with Gasteiger partial charge in [0.15, 0.2) is 0 Å². The fourth-order valence-corrected chi connectivity index (χ4v) is 14.1. The number of aromatic nitrogens is 21. The molecule has 3 aliphatic heterocycles. The van der Waals surface area contributed by atoms with Crippen LogP contribution in [0.3, 0.4) is 0 Å². The van der Waals surface area contributed by atoms with Gasteiger partial charge in [0.2, 0.25) is 0 Å². The molecular formula is C72H96N24O4. The molecule has 0 bridgehead atoms. The average molecular weight is 1360 g/mol. The van der Waals surface area contributed by atoms with Crippen molar-refractivity contribution < 1.29 is 20.1 Å². The Morgan fingerprint density at radius 1 is 0.370 bits per heavy atom. The third-order valence-electron chi connectivity index (χ3n) is 19.8. The summed E-state index contributed by atoms with van der Waals surface area (Å²) in [6.45, 7) is 22.5. The summed E-state index contributed by atoms with van der Waals surface area (Å²) in [5.41, 5.74) is 13.3. The van der Waals surface area contributed by atoms with E-state index in [0.29, 0.717) is 57.4 Å². The van der Waals surface area contributed by atoms with Crippen LogP contribution in [0, 0.1) is 0 Å². The van der Waals surface area contributed by atoms with Crippen LogP contribution in [-0.2, 0) is 24.4 Å². The molecule has 0 aliphatic carbocycles. The maximum atomic E-state index is 10.5. The Bertz CT molecular complexity index is 4350. The number of methoxy groups -OCH3 is 1. The van der Waals surface area contributed by atoms with Crippen LogP contribution in [0.5, 0.6) is 0 Å². The van der Waals surface area contributed by atoms with Gasteiger partial charge in [-0.3, -0.25) is 33.0 Å². The van der Waals surface area contributed by atoms with Crippen molar-refractivity contribution in [3.8, 4) is 67.5 Å². The van der Waals surface area contributed by atoms with Crippen molar-refractivity contribution in [1.29, 1.82) is 0 Å². The third kappa shape index (κ3) is 16.0. The molecule has 0 radical (unpaired) electrons. The molecule has 0 aromatic carbocycles. The molecule has 15 heterocycles. The zero-order valence-corrected chi connectivity index (χ0v) is 58.7. The van der Waals surface area contributed by atoms with Gasteiger partial charge in [-0.15, -0.1) is 0 Å². The van der Waals surface area contributed by atoms with Crippen LogP contribution in [0.15, 0.2) is 130 Å². The van der Waals surface area contributed by atoms with E-state index < -0.39 is 18.3 Å². The Kier molecular flexibility index (Phi) is 22.2. The van der Waals surface area contributed by atoms with E-state index in [4.69, 9.17) is 19.7 Å². The van der Waals surface area contributed by atoms with Crippen molar-refractivity contribution in [2.45, 2.75) is 168 Å². The summed E-state index contributed by atoms with van der Waals surface area (Å²) < 4.78 is 22.3. The van der Waals surface area contributed by atoms with Crippen molar-refractivity contribution in [1.82, 2.24) is 117 Å². The largest absolute Gasteiger partial charge is 0.390 e. The lowest BCUT2D eigenvalue weighted by Gasteiger charge is -2.39. The van der Waals surface area contributed by atoms with Crippen LogP contribution < -0.4 is 0 Å². The van der Waals surface area contributed by atoms with Gasteiger partial charge in [-0.05, 0) is 109 Å². The van der Waals surface area contributed by atoms with Crippen LogP contribution >= 0.6 is 0 Å². The average Bonchev–Trinajstić information content (AvgIpc) is 1.62. The molecule has 0 saturated carbocycles. The molecular weight excluding hydrogens is 1260 g/mol.